The van der Waals surface area contributed by atoms with Crippen LogP contribution < -0.4 is 4.74 Å². The molecule has 4 nitrogen and oxygen atoms in total. The van der Waals surface area contributed by atoms with Gasteiger partial charge < -0.3 is 9.84 Å². The standard InChI is InChI=1S/C17H14N2O2/c18-12-16-11-15(8-9-19-16)13-21-17-6-4-14(5-7-17)3-1-2-10-20/h4-9,11,20H,2,10,13H2. The first-order valence-corrected chi connectivity index (χ1v) is 6.49. The van der Waals surface area contributed by atoms with Crippen molar-refractivity contribution in [2.75, 3.05) is 6.61 Å². The summed E-state index contributed by atoms with van der Waals surface area (Å²) >= 11 is 0. The Labute approximate surface area is 123 Å². The van der Waals surface area contributed by atoms with Gasteiger partial charge in [0.05, 0.1) is 6.61 Å². The summed E-state index contributed by atoms with van der Waals surface area (Å²) in [5.41, 5.74) is 2.16. The van der Waals surface area contributed by atoms with Crippen LogP contribution >= 0.6 is 0 Å². The summed E-state index contributed by atoms with van der Waals surface area (Å²) in [7, 11) is 0. The molecule has 104 valence electrons. The van der Waals surface area contributed by atoms with Gasteiger partial charge in [-0.3, -0.25) is 0 Å². The highest BCUT2D eigenvalue weighted by Gasteiger charge is 1.98. The molecule has 0 atom stereocenters. The van der Waals surface area contributed by atoms with Gasteiger partial charge in [-0.15, -0.1) is 0 Å². The van der Waals surface area contributed by atoms with E-state index in [1.54, 1.807) is 12.3 Å². The first kappa shape index (κ1) is 14.6. The quantitative estimate of drug-likeness (QED) is 0.871. The fraction of sp³-hybridized carbons (Fsp3) is 0.176. The lowest BCUT2D eigenvalue weighted by molar-refractivity contribution is 0.305. The molecule has 0 spiro atoms. The highest BCUT2D eigenvalue weighted by Crippen LogP contribution is 2.14. The van der Waals surface area contributed by atoms with Crippen LogP contribution in [0.4, 0.5) is 0 Å². The Balaban J connectivity index is 1.95. The number of nitrogens with zero attached hydrogens (tertiary/aromatic N) is 2. The molecule has 2 rings (SSSR count). The predicted molar refractivity (Wildman–Crippen MR) is 78.3 cm³/mol. The molecular formula is C17H14N2O2. The second kappa shape index (κ2) is 7.69. The summed E-state index contributed by atoms with van der Waals surface area (Å²) in [5, 5.41) is 17.4. The van der Waals surface area contributed by atoms with Crippen LogP contribution in [-0.4, -0.2) is 16.7 Å². The summed E-state index contributed by atoms with van der Waals surface area (Å²) in [6, 6.07) is 12.9. The number of aromatic nitrogens is 1. The number of hydrogen-bond donors (Lipinski definition) is 1. The number of nitriles is 1. The molecule has 1 aromatic heterocycles. The zero-order valence-electron chi connectivity index (χ0n) is 11.4. The van der Waals surface area contributed by atoms with Gasteiger partial charge in [0.25, 0.3) is 0 Å². The highest BCUT2D eigenvalue weighted by molar-refractivity contribution is 5.38. The van der Waals surface area contributed by atoms with E-state index in [9.17, 15) is 0 Å². The maximum atomic E-state index is 8.78. The molecule has 0 aliphatic heterocycles. The third kappa shape index (κ3) is 4.65. The average molecular weight is 278 g/mol. The van der Waals surface area contributed by atoms with Gasteiger partial charge in [0, 0.05) is 18.2 Å². The lowest BCUT2D eigenvalue weighted by atomic mass is 10.2. The molecule has 0 radical (unpaired) electrons. The minimum absolute atomic E-state index is 0.0742. The van der Waals surface area contributed by atoms with E-state index in [1.165, 1.54) is 0 Å². The fourth-order valence-electron chi connectivity index (χ4n) is 1.65. The fourth-order valence-corrected chi connectivity index (χ4v) is 1.65. The summed E-state index contributed by atoms with van der Waals surface area (Å²) in [6.45, 7) is 0.456. The molecule has 0 fully saturated rings. The molecule has 1 aromatic carbocycles. The molecule has 0 saturated heterocycles. The minimum Gasteiger partial charge on any atom is -0.489 e. The molecule has 0 aliphatic rings. The van der Waals surface area contributed by atoms with Crippen molar-refractivity contribution >= 4 is 0 Å². The van der Waals surface area contributed by atoms with Crippen LogP contribution in [0.3, 0.4) is 0 Å². The van der Waals surface area contributed by atoms with Crippen molar-refractivity contribution in [2.45, 2.75) is 13.0 Å². The summed E-state index contributed by atoms with van der Waals surface area (Å²) < 4.78 is 5.65. The molecule has 1 heterocycles. The van der Waals surface area contributed by atoms with E-state index >= 15 is 0 Å². The van der Waals surface area contributed by atoms with Gasteiger partial charge in [0.1, 0.15) is 24.1 Å². The van der Waals surface area contributed by atoms with E-state index in [-0.39, 0.29) is 6.61 Å². The topological polar surface area (TPSA) is 66.1 Å². The number of ether oxygens (including phenoxy) is 1. The van der Waals surface area contributed by atoms with Crippen LogP contribution in [0.25, 0.3) is 0 Å². The van der Waals surface area contributed by atoms with Crippen LogP contribution in [-0.2, 0) is 6.61 Å². The van der Waals surface area contributed by atoms with Gasteiger partial charge in [0.2, 0.25) is 0 Å². The van der Waals surface area contributed by atoms with Crippen LogP contribution in [0.2, 0.25) is 0 Å². The van der Waals surface area contributed by atoms with E-state index in [1.807, 2.05) is 36.4 Å². The second-order valence-electron chi connectivity index (χ2n) is 4.25. The number of rotatable bonds is 4. The minimum atomic E-state index is 0.0742. The molecule has 21 heavy (non-hydrogen) atoms. The van der Waals surface area contributed by atoms with Gasteiger partial charge in [0.15, 0.2) is 0 Å². The zero-order chi connectivity index (χ0) is 14.9. The maximum Gasteiger partial charge on any atom is 0.140 e. The Morgan fingerprint density at radius 3 is 2.71 bits per heavy atom. The van der Waals surface area contributed by atoms with E-state index in [2.05, 4.69) is 16.8 Å². The van der Waals surface area contributed by atoms with Gasteiger partial charge >= 0.3 is 0 Å². The largest absolute Gasteiger partial charge is 0.489 e. The lowest BCUT2D eigenvalue weighted by Crippen LogP contribution is -1.96. The zero-order valence-corrected chi connectivity index (χ0v) is 11.4. The van der Waals surface area contributed by atoms with E-state index in [4.69, 9.17) is 15.1 Å². The molecule has 1 N–H and O–H groups in total. The van der Waals surface area contributed by atoms with Crippen molar-refractivity contribution in [3.63, 3.8) is 0 Å². The first-order chi connectivity index (χ1) is 10.3. The number of aliphatic hydroxyl groups is 1. The predicted octanol–water partition coefficient (Wildman–Crippen LogP) is 2.27. The molecule has 4 heteroatoms. The Morgan fingerprint density at radius 1 is 1.19 bits per heavy atom. The maximum absolute atomic E-state index is 8.78. The van der Waals surface area contributed by atoms with Gasteiger partial charge in [-0.05, 0) is 42.0 Å². The Hall–Kier alpha value is -2.82. The van der Waals surface area contributed by atoms with Crippen molar-refractivity contribution in [3.8, 4) is 23.7 Å². The Morgan fingerprint density at radius 2 is 2.00 bits per heavy atom. The molecule has 0 saturated carbocycles. The summed E-state index contributed by atoms with van der Waals surface area (Å²) in [4.78, 5) is 3.91. The SMILES string of the molecule is N#Cc1cc(COc2ccc(C#CCCO)cc2)ccn1. The molecular weight excluding hydrogens is 264 g/mol. The molecule has 0 aliphatic carbocycles. The van der Waals surface area contributed by atoms with E-state index < -0.39 is 0 Å². The smallest absolute Gasteiger partial charge is 0.140 e. The van der Waals surface area contributed by atoms with Crippen molar-refractivity contribution in [1.82, 2.24) is 4.98 Å². The first-order valence-electron chi connectivity index (χ1n) is 6.49. The second-order valence-corrected chi connectivity index (χ2v) is 4.25. The van der Waals surface area contributed by atoms with Crippen molar-refractivity contribution in [3.05, 3.63) is 59.4 Å². The monoisotopic (exact) mass is 278 g/mol. The summed E-state index contributed by atoms with van der Waals surface area (Å²) in [6.07, 6.45) is 2.07. The lowest BCUT2D eigenvalue weighted by Gasteiger charge is -2.06. The molecule has 0 unspecified atom stereocenters. The number of hydrogen-bond acceptors (Lipinski definition) is 4. The summed E-state index contributed by atoms with van der Waals surface area (Å²) in [5.74, 6) is 6.55. The molecule has 2 aromatic rings. The van der Waals surface area contributed by atoms with Gasteiger partial charge in [-0.2, -0.15) is 5.26 Å². The normalized spacial score (nSPS) is 9.33. The van der Waals surface area contributed by atoms with Crippen LogP contribution in [0, 0.1) is 23.2 Å². The highest BCUT2D eigenvalue weighted by atomic mass is 16.5. The van der Waals surface area contributed by atoms with Gasteiger partial charge in [-0.25, -0.2) is 4.98 Å². The number of pyridine rings is 1. The van der Waals surface area contributed by atoms with Crippen molar-refractivity contribution in [1.29, 1.82) is 5.26 Å². The van der Waals surface area contributed by atoms with Gasteiger partial charge in [-0.1, -0.05) is 11.8 Å². The van der Waals surface area contributed by atoms with Crippen molar-refractivity contribution in [2.24, 2.45) is 0 Å². The van der Waals surface area contributed by atoms with Crippen LogP contribution in [0.15, 0.2) is 42.6 Å². The number of aliphatic hydroxyl groups excluding tert-OH is 1. The third-order valence-electron chi connectivity index (χ3n) is 2.67. The Bertz CT molecular complexity index is 691. The number of benzene rings is 1. The Kier molecular flexibility index (Phi) is 5.34. The van der Waals surface area contributed by atoms with E-state index in [0.717, 1.165) is 16.9 Å². The third-order valence-corrected chi connectivity index (χ3v) is 2.67. The molecule has 0 bridgehead atoms. The van der Waals surface area contributed by atoms with E-state index in [0.29, 0.717) is 18.7 Å². The van der Waals surface area contributed by atoms with Crippen LogP contribution in [0.5, 0.6) is 5.75 Å². The average Bonchev–Trinajstić information content (AvgIpc) is 2.54. The van der Waals surface area contributed by atoms with Crippen LogP contribution in [0.1, 0.15) is 23.2 Å². The van der Waals surface area contributed by atoms with Crippen molar-refractivity contribution < 1.29 is 9.84 Å². The molecule has 0 amide bonds.